The molecule has 0 aliphatic heterocycles. The maximum absolute atomic E-state index is 13.7. The van der Waals surface area contributed by atoms with E-state index >= 15 is 0 Å². The third-order valence-electron chi connectivity index (χ3n) is 5.24. The van der Waals surface area contributed by atoms with Crippen LogP contribution in [-0.4, -0.2) is 32.9 Å². The van der Waals surface area contributed by atoms with Crippen LogP contribution in [0.1, 0.15) is 41.7 Å². The molecular weight excluding hydrogens is 443 g/mol. The van der Waals surface area contributed by atoms with Gasteiger partial charge in [-0.3, -0.25) is 23.9 Å². The second-order valence-corrected chi connectivity index (χ2v) is 7.52. The van der Waals surface area contributed by atoms with Crippen LogP contribution in [0, 0.1) is 17.5 Å². The fraction of sp³-hybridized carbons (Fsp3) is 0.286. The van der Waals surface area contributed by atoms with E-state index in [1.807, 2.05) is 5.32 Å². The molecule has 2 heterocycles. The van der Waals surface area contributed by atoms with Crippen molar-refractivity contribution in [1.29, 1.82) is 0 Å². The lowest BCUT2D eigenvalue weighted by molar-refractivity contribution is -0.115. The van der Waals surface area contributed by atoms with Crippen molar-refractivity contribution in [3.8, 4) is 0 Å². The molecule has 33 heavy (non-hydrogen) atoms. The lowest BCUT2D eigenvalue weighted by Gasteiger charge is -2.13. The Morgan fingerprint density at radius 1 is 1.18 bits per heavy atom. The summed E-state index contributed by atoms with van der Waals surface area (Å²) in [5, 5.41) is 4.25. The number of halogens is 3. The first-order valence-electron chi connectivity index (χ1n) is 10.1. The number of H-pyrrole nitrogens is 1. The topological polar surface area (TPSA) is 126 Å². The van der Waals surface area contributed by atoms with E-state index in [9.17, 15) is 32.3 Å². The summed E-state index contributed by atoms with van der Waals surface area (Å²) in [5.74, 6) is -6.34. The second-order valence-electron chi connectivity index (χ2n) is 7.52. The van der Waals surface area contributed by atoms with Gasteiger partial charge in [0.1, 0.15) is 0 Å². The molecule has 1 aromatic carbocycles. The van der Waals surface area contributed by atoms with Crippen molar-refractivity contribution in [2.45, 2.75) is 32.2 Å². The van der Waals surface area contributed by atoms with Crippen LogP contribution in [0.3, 0.4) is 0 Å². The molecule has 0 radical (unpaired) electrons. The minimum absolute atomic E-state index is 0.0640. The molecule has 0 spiro atoms. The normalized spacial score (nSPS) is 13.2. The number of rotatable bonds is 6. The third kappa shape index (κ3) is 4.23. The zero-order valence-electron chi connectivity index (χ0n) is 17.3. The van der Waals surface area contributed by atoms with Gasteiger partial charge in [-0.1, -0.05) is 0 Å². The zero-order chi connectivity index (χ0) is 23.9. The predicted octanol–water partition coefficient (Wildman–Crippen LogP) is 1.77. The molecule has 0 atom stereocenters. The molecule has 0 saturated heterocycles. The number of hydrogen-bond donors (Lipinski definition) is 3. The maximum Gasteiger partial charge on any atom is 0.329 e. The summed E-state index contributed by atoms with van der Waals surface area (Å²) in [6.45, 7) is 1.24. The van der Waals surface area contributed by atoms with Crippen LogP contribution in [0.5, 0.6) is 0 Å². The number of carbonyl (C=O) groups is 2. The fourth-order valence-corrected chi connectivity index (χ4v) is 3.43. The second kappa shape index (κ2) is 8.52. The number of aryl methyl sites for hydroxylation is 1. The quantitative estimate of drug-likeness (QED) is 0.483. The largest absolute Gasteiger partial charge is 0.343 e. The van der Waals surface area contributed by atoms with E-state index in [-0.39, 0.29) is 29.1 Å². The van der Waals surface area contributed by atoms with Crippen LogP contribution in [0.15, 0.2) is 27.8 Å². The number of anilines is 1. The molecule has 4 rings (SSSR count). The Kier molecular flexibility index (Phi) is 5.75. The molecule has 2 amide bonds. The summed E-state index contributed by atoms with van der Waals surface area (Å²) in [5.41, 5.74) is -1.51. The Balaban J connectivity index is 1.62. The Hall–Kier alpha value is -3.96. The number of aromatic nitrogens is 3. The van der Waals surface area contributed by atoms with E-state index in [0.29, 0.717) is 11.8 Å². The van der Waals surface area contributed by atoms with Gasteiger partial charge in [-0.25, -0.2) is 22.9 Å². The smallest absolute Gasteiger partial charge is 0.329 e. The minimum atomic E-state index is -1.74. The van der Waals surface area contributed by atoms with E-state index in [1.54, 1.807) is 6.92 Å². The molecule has 12 heteroatoms. The van der Waals surface area contributed by atoms with E-state index in [1.165, 1.54) is 10.6 Å². The number of hydrogen-bond acceptors (Lipinski definition) is 5. The van der Waals surface area contributed by atoms with Crippen molar-refractivity contribution >= 4 is 28.5 Å². The number of pyridine rings is 1. The van der Waals surface area contributed by atoms with Crippen molar-refractivity contribution in [3.05, 3.63) is 67.7 Å². The van der Waals surface area contributed by atoms with E-state index in [0.717, 1.165) is 18.9 Å². The van der Waals surface area contributed by atoms with Crippen LogP contribution >= 0.6 is 0 Å². The fourth-order valence-electron chi connectivity index (χ4n) is 3.43. The standard InChI is InChI=1S/C21H18F3N5O4/c1-2-29-18-15(20(32)28-21(29)33)10(7-13(27-18)9-3-4-9)19(31)25-8-14(30)26-12-6-5-11(22)16(23)17(12)24/h5-7,9H,2-4,8H2,1H3,(H,25,31)(H,26,30)(H,28,32,33). The molecule has 172 valence electrons. The average molecular weight is 461 g/mol. The summed E-state index contributed by atoms with van der Waals surface area (Å²) in [4.78, 5) is 56.2. The monoisotopic (exact) mass is 461 g/mol. The van der Waals surface area contributed by atoms with Crippen molar-refractivity contribution in [2.24, 2.45) is 0 Å². The first-order chi connectivity index (χ1) is 15.7. The van der Waals surface area contributed by atoms with Crippen molar-refractivity contribution in [1.82, 2.24) is 19.9 Å². The number of fused-ring (bicyclic) bond motifs is 1. The molecule has 1 saturated carbocycles. The van der Waals surface area contributed by atoms with E-state index in [2.05, 4.69) is 15.3 Å². The van der Waals surface area contributed by atoms with Crippen LogP contribution in [-0.2, 0) is 11.3 Å². The van der Waals surface area contributed by atoms with E-state index in [4.69, 9.17) is 0 Å². The van der Waals surface area contributed by atoms with Gasteiger partial charge in [-0.05, 0) is 38.0 Å². The number of nitrogens with zero attached hydrogens (tertiary/aromatic N) is 2. The lowest BCUT2D eigenvalue weighted by atomic mass is 10.1. The number of nitrogens with one attached hydrogen (secondary N) is 3. The molecule has 0 bridgehead atoms. The van der Waals surface area contributed by atoms with Gasteiger partial charge in [0.2, 0.25) is 5.91 Å². The highest BCUT2D eigenvalue weighted by Gasteiger charge is 2.28. The zero-order valence-corrected chi connectivity index (χ0v) is 17.3. The maximum atomic E-state index is 13.7. The summed E-state index contributed by atoms with van der Waals surface area (Å²) >= 11 is 0. The van der Waals surface area contributed by atoms with Crippen molar-refractivity contribution in [3.63, 3.8) is 0 Å². The molecule has 2 aromatic heterocycles. The number of carbonyl (C=O) groups excluding carboxylic acids is 2. The van der Waals surface area contributed by atoms with Gasteiger partial charge < -0.3 is 10.6 Å². The van der Waals surface area contributed by atoms with Gasteiger partial charge in [-0.2, -0.15) is 0 Å². The van der Waals surface area contributed by atoms with Gasteiger partial charge in [0.05, 0.1) is 23.2 Å². The SMILES string of the molecule is CCn1c(=O)[nH]c(=O)c2c(C(=O)NCC(=O)Nc3ccc(F)c(F)c3F)cc(C3CC3)nc21. The Bertz CT molecular complexity index is 1410. The first kappa shape index (κ1) is 22.2. The van der Waals surface area contributed by atoms with Crippen LogP contribution < -0.4 is 21.9 Å². The highest BCUT2D eigenvalue weighted by Crippen LogP contribution is 2.39. The van der Waals surface area contributed by atoms with Gasteiger partial charge in [0.15, 0.2) is 23.1 Å². The van der Waals surface area contributed by atoms with Crippen molar-refractivity contribution in [2.75, 3.05) is 11.9 Å². The molecule has 1 aliphatic carbocycles. The number of amides is 2. The Labute approximate surface area is 183 Å². The van der Waals surface area contributed by atoms with Gasteiger partial charge >= 0.3 is 5.69 Å². The molecule has 0 unspecified atom stereocenters. The van der Waals surface area contributed by atoms with Gasteiger partial charge in [0, 0.05) is 18.2 Å². The molecule has 1 aliphatic rings. The number of aromatic amines is 1. The summed E-state index contributed by atoms with van der Waals surface area (Å²) in [6, 6.07) is 2.94. The molecule has 3 aromatic rings. The third-order valence-corrected chi connectivity index (χ3v) is 5.24. The molecule has 9 nitrogen and oxygen atoms in total. The highest BCUT2D eigenvalue weighted by atomic mass is 19.2. The average Bonchev–Trinajstić information content (AvgIpc) is 3.63. The van der Waals surface area contributed by atoms with Gasteiger partial charge in [-0.15, -0.1) is 0 Å². The minimum Gasteiger partial charge on any atom is -0.343 e. The molecule has 3 N–H and O–H groups in total. The summed E-state index contributed by atoms with van der Waals surface area (Å²) in [7, 11) is 0. The van der Waals surface area contributed by atoms with Crippen molar-refractivity contribution < 1.29 is 22.8 Å². The highest BCUT2D eigenvalue weighted by molar-refractivity contribution is 6.07. The first-order valence-corrected chi connectivity index (χ1v) is 10.1. The van der Waals surface area contributed by atoms with Crippen LogP contribution in [0.2, 0.25) is 0 Å². The summed E-state index contributed by atoms with van der Waals surface area (Å²) < 4.78 is 41.3. The lowest BCUT2D eigenvalue weighted by Crippen LogP contribution is -2.35. The molecule has 1 fully saturated rings. The summed E-state index contributed by atoms with van der Waals surface area (Å²) in [6.07, 6.45) is 1.70. The molecular formula is C21H18F3N5O4. The Morgan fingerprint density at radius 3 is 2.58 bits per heavy atom. The Morgan fingerprint density at radius 2 is 1.91 bits per heavy atom. The van der Waals surface area contributed by atoms with Gasteiger partial charge in [0.25, 0.3) is 11.5 Å². The van der Waals surface area contributed by atoms with Crippen LogP contribution in [0.25, 0.3) is 11.0 Å². The van der Waals surface area contributed by atoms with E-state index < -0.39 is 52.7 Å². The predicted molar refractivity (Wildman–Crippen MR) is 112 cm³/mol. The number of benzene rings is 1. The van der Waals surface area contributed by atoms with Crippen LogP contribution in [0.4, 0.5) is 18.9 Å².